The first-order valence-electron chi connectivity index (χ1n) is 9.99. The maximum Gasteiger partial charge on any atom is 0.246 e. The Morgan fingerprint density at radius 3 is 3.06 bits per heavy atom. The molecule has 0 radical (unpaired) electrons. The second-order valence-electron chi connectivity index (χ2n) is 7.18. The normalized spacial score (nSPS) is 15.9. The van der Waals surface area contributed by atoms with Gasteiger partial charge in [0.05, 0.1) is 19.0 Å². The van der Waals surface area contributed by atoms with Gasteiger partial charge in [-0.25, -0.2) is 4.98 Å². The van der Waals surface area contributed by atoms with Crippen LogP contribution in [0.3, 0.4) is 0 Å². The summed E-state index contributed by atoms with van der Waals surface area (Å²) < 4.78 is 12.6. The molecular weight excluding hydrogens is 398 g/mol. The van der Waals surface area contributed by atoms with Crippen molar-refractivity contribution in [2.75, 3.05) is 44.5 Å². The Balaban J connectivity index is 1.56. The molecule has 1 fully saturated rings. The number of likely N-dealkylation sites (tertiary alicyclic amines) is 1. The molecule has 4 rings (SSSR count). The number of carbonyl (C=O) groups is 1. The number of nitrogens with one attached hydrogen (secondary N) is 1. The highest BCUT2D eigenvalue weighted by atomic mass is 16.5. The molecule has 1 unspecified atom stereocenters. The molecule has 0 aliphatic carbocycles. The number of nitrogens with two attached hydrogens (primary N) is 1. The quantitative estimate of drug-likeness (QED) is 0.418. The lowest BCUT2D eigenvalue weighted by Gasteiger charge is -2.15. The molecule has 1 atom stereocenters. The van der Waals surface area contributed by atoms with E-state index >= 15 is 0 Å². The lowest BCUT2D eigenvalue weighted by molar-refractivity contribution is -0.125. The number of fused-ring (bicyclic) bond motifs is 1. The molecule has 0 saturated carbocycles. The van der Waals surface area contributed by atoms with Crippen molar-refractivity contribution >= 4 is 34.5 Å². The zero-order valence-corrected chi connectivity index (χ0v) is 17.3. The summed E-state index contributed by atoms with van der Waals surface area (Å²) in [4.78, 5) is 27.1. The number of ether oxygens (including phenoxy) is 2. The van der Waals surface area contributed by atoms with Crippen molar-refractivity contribution in [3.63, 3.8) is 0 Å². The zero-order valence-electron chi connectivity index (χ0n) is 17.3. The number of rotatable bonds is 8. The Morgan fingerprint density at radius 1 is 1.39 bits per heavy atom. The molecule has 1 saturated heterocycles. The summed E-state index contributed by atoms with van der Waals surface area (Å²) in [6.07, 6.45) is 3.85. The fourth-order valence-electron chi connectivity index (χ4n) is 3.60. The van der Waals surface area contributed by atoms with Gasteiger partial charge in [0.25, 0.3) is 0 Å². The predicted octanol–water partition coefficient (Wildman–Crippen LogP) is 2.14. The zero-order chi connectivity index (χ0) is 21.8. The van der Waals surface area contributed by atoms with Gasteiger partial charge >= 0.3 is 0 Å². The summed E-state index contributed by atoms with van der Waals surface area (Å²) in [5, 5.41) is 3.18. The second kappa shape index (κ2) is 9.00. The van der Waals surface area contributed by atoms with E-state index in [0.717, 1.165) is 12.1 Å². The average Bonchev–Trinajstić information content (AvgIpc) is 3.41. The van der Waals surface area contributed by atoms with E-state index in [4.69, 9.17) is 15.2 Å². The van der Waals surface area contributed by atoms with Gasteiger partial charge in [0.2, 0.25) is 11.9 Å². The van der Waals surface area contributed by atoms with Crippen molar-refractivity contribution in [3.05, 3.63) is 43.2 Å². The first-order chi connectivity index (χ1) is 15.1. The smallest absolute Gasteiger partial charge is 0.246 e. The summed E-state index contributed by atoms with van der Waals surface area (Å²) in [5.41, 5.74) is 8.08. The van der Waals surface area contributed by atoms with Crippen molar-refractivity contribution in [1.29, 1.82) is 0 Å². The largest absolute Gasteiger partial charge is 0.491 e. The van der Waals surface area contributed by atoms with E-state index in [-0.39, 0.29) is 17.8 Å². The van der Waals surface area contributed by atoms with Gasteiger partial charge in [0, 0.05) is 32.0 Å². The fourth-order valence-corrected chi connectivity index (χ4v) is 3.60. The van der Waals surface area contributed by atoms with Crippen LogP contribution < -0.4 is 15.8 Å². The van der Waals surface area contributed by atoms with Crippen LogP contribution in [0, 0.1) is 0 Å². The summed E-state index contributed by atoms with van der Waals surface area (Å²) in [6, 6.07) is 7.55. The summed E-state index contributed by atoms with van der Waals surface area (Å²) in [7, 11) is 1.63. The number of nitrogen functional groups attached to an aromatic ring is 1. The molecule has 0 bridgehead atoms. The van der Waals surface area contributed by atoms with Crippen LogP contribution >= 0.6 is 0 Å². The van der Waals surface area contributed by atoms with Gasteiger partial charge < -0.3 is 30.0 Å². The van der Waals surface area contributed by atoms with Gasteiger partial charge in [0.1, 0.15) is 17.9 Å². The molecular formula is C21H25N7O3. The number of amides is 1. The van der Waals surface area contributed by atoms with Gasteiger partial charge in [0.15, 0.2) is 11.5 Å². The Morgan fingerprint density at radius 2 is 2.26 bits per heavy atom. The molecule has 3 N–H and O–H groups in total. The third kappa shape index (κ3) is 4.43. The van der Waals surface area contributed by atoms with Crippen molar-refractivity contribution in [2.45, 2.75) is 12.5 Å². The van der Waals surface area contributed by atoms with E-state index in [0.29, 0.717) is 49.2 Å². The number of carbonyl (C=O) groups excluding carboxylic acids is 1. The Labute approximate surface area is 179 Å². The number of aromatic nitrogens is 4. The summed E-state index contributed by atoms with van der Waals surface area (Å²) >= 11 is 0. The minimum absolute atomic E-state index is 0.0635. The molecule has 10 nitrogen and oxygen atoms in total. The molecule has 31 heavy (non-hydrogen) atoms. The van der Waals surface area contributed by atoms with E-state index in [9.17, 15) is 4.79 Å². The van der Waals surface area contributed by atoms with E-state index in [1.807, 2.05) is 28.8 Å². The predicted molar refractivity (Wildman–Crippen MR) is 117 cm³/mol. The molecule has 3 heterocycles. The van der Waals surface area contributed by atoms with Crippen LogP contribution in [0.4, 0.5) is 17.5 Å². The highest BCUT2D eigenvalue weighted by Gasteiger charge is 2.28. The number of methoxy groups -OCH3 is 1. The van der Waals surface area contributed by atoms with Crippen LogP contribution in [0.1, 0.15) is 12.5 Å². The third-order valence-corrected chi connectivity index (χ3v) is 5.14. The molecule has 10 heteroatoms. The number of anilines is 3. The van der Waals surface area contributed by atoms with Gasteiger partial charge in [-0.2, -0.15) is 9.97 Å². The Kier molecular flexibility index (Phi) is 5.99. The van der Waals surface area contributed by atoms with Crippen LogP contribution in [0.15, 0.2) is 43.2 Å². The molecule has 1 aliphatic heterocycles. The lowest BCUT2D eigenvalue weighted by Crippen LogP contribution is -2.27. The van der Waals surface area contributed by atoms with Gasteiger partial charge in [-0.1, -0.05) is 12.6 Å². The van der Waals surface area contributed by atoms with Crippen LogP contribution in [0.25, 0.3) is 11.2 Å². The van der Waals surface area contributed by atoms with Gasteiger partial charge in [-0.05, 0) is 24.6 Å². The average molecular weight is 423 g/mol. The summed E-state index contributed by atoms with van der Waals surface area (Å²) in [6.45, 7) is 5.77. The highest BCUT2D eigenvalue weighted by Crippen LogP contribution is 2.28. The topological polar surface area (TPSA) is 120 Å². The van der Waals surface area contributed by atoms with Crippen molar-refractivity contribution < 1.29 is 14.3 Å². The molecule has 1 aromatic carbocycles. The van der Waals surface area contributed by atoms with Crippen LogP contribution in [-0.2, 0) is 9.53 Å². The van der Waals surface area contributed by atoms with E-state index in [1.54, 1.807) is 18.3 Å². The van der Waals surface area contributed by atoms with Crippen LogP contribution in [0.2, 0.25) is 0 Å². The fraction of sp³-hybridized carbons (Fsp3) is 0.333. The van der Waals surface area contributed by atoms with Gasteiger partial charge in [-0.3, -0.25) is 4.79 Å². The number of imidazole rings is 1. The standard InChI is InChI=1S/C21H25N7O3/c1-3-17(29)27-8-7-15(12-27)28-13-23-18-19(22)25-21(26-20(18)28)24-14-5-4-6-16(11-14)31-10-9-30-2/h3-6,11,13,15H,1,7-10,12H2,2H3,(H3,22,24,25,26). The minimum Gasteiger partial charge on any atom is -0.491 e. The number of nitrogens with zero attached hydrogens (tertiary/aromatic N) is 5. The first kappa shape index (κ1) is 20.6. The first-order valence-corrected chi connectivity index (χ1v) is 9.99. The van der Waals surface area contributed by atoms with E-state index in [2.05, 4.69) is 26.8 Å². The lowest BCUT2D eigenvalue weighted by atomic mass is 10.2. The SMILES string of the molecule is C=CC(=O)N1CCC(n2cnc3c(N)nc(Nc4cccc(OCCOC)c4)nc32)C1. The van der Waals surface area contributed by atoms with Crippen LogP contribution in [0.5, 0.6) is 5.75 Å². The van der Waals surface area contributed by atoms with Crippen molar-refractivity contribution in [2.24, 2.45) is 0 Å². The minimum atomic E-state index is -0.0731. The number of hydrogen-bond acceptors (Lipinski definition) is 8. The highest BCUT2D eigenvalue weighted by molar-refractivity contribution is 5.87. The van der Waals surface area contributed by atoms with E-state index < -0.39 is 0 Å². The Hall–Kier alpha value is -3.66. The van der Waals surface area contributed by atoms with Crippen LogP contribution in [-0.4, -0.2) is 63.7 Å². The molecule has 162 valence electrons. The van der Waals surface area contributed by atoms with Crippen molar-refractivity contribution in [1.82, 2.24) is 24.4 Å². The molecule has 3 aromatic rings. The maximum absolute atomic E-state index is 11.9. The second-order valence-corrected chi connectivity index (χ2v) is 7.18. The molecule has 0 spiro atoms. The van der Waals surface area contributed by atoms with Crippen molar-refractivity contribution in [3.8, 4) is 5.75 Å². The monoisotopic (exact) mass is 423 g/mol. The van der Waals surface area contributed by atoms with E-state index in [1.165, 1.54) is 6.08 Å². The Bertz CT molecular complexity index is 1100. The molecule has 1 aliphatic rings. The number of benzene rings is 1. The number of hydrogen-bond donors (Lipinski definition) is 2. The third-order valence-electron chi connectivity index (χ3n) is 5.14. The van der Waals surface area contributed by atoms with Gasteiger partial charge in [-0.15, -0.1) is 0 Å². The maximum atomic E-state index is 11.9. The molecule has 1 amide bonds. The molecule has 2 aromatic heterocycles. The summed E-state index contributed by atoms with van der Waals surface area (Å²) in [5.74, 6) is 1.28.